The van der Waals surface area contributed by atoms with E-state index in [1.165, 1.54) is 0 Å². The summed E-state index contributed by atoms with van der Waals surface area (Å²) in [6.07, 6.45) is 3.81. The van der Waals surface area contributed by atoms with Gasteiger partial charge in [0.15, 0.2) is 0 Å². The number of hydrogen-bond donors (Lipinski definition) is 1. The Balaban J connectivity index is 1.88. The Kier molecular flexibility index (Phi) is 5.28. The molecule has 1 heterocycles. The maximum atomic E-state index is 11.9. The van der Waals surface area contributed by atoms with Crippen molar-refractivity contribution in [2.75, 3.05) is 5.75 Å². The molecule has 20 heavy (non-hydrogen) atoms. The van der Waals surface area contributed by atoms with Crippen LogP contribution in [-0.2, 0) is 23.0 Å². The summed E-state index contributed by atoms with van der Waals surface area (Å²) in [6.45, 7) is 0.304. The smallest absolute Gasteiger partial charge is 0.212 e. The molecule has 0 aliphatic carbocycles. The largest absolute Gasteiger partial charge is 0.265 e. The van der Waals surface area contributed by atoms with Gasteiger partial charge in [-0.25, -0.2) is 13.1 Å². The average molecular weight is 355 g/mol. The maximum Gasteiger partial charge on any atom is 0.212 e. The lowest BCUT2D eigenvalue weighted by atomic mass is 10.2. The highest BCUT2D eigenvalue weighted by Gasteiger charge is 2.10. The van der Waals surface area contributed by atoms with Crippen molar-refractivity contribution in [2.45, 2.75) is 13.0 Å². The van der Waals surface area contributed by atoms with E-state index in [2.05, 4.69) is 25.6 Å². The van der Waals surface area contributed by atoms with E-state index in [0.717, 1.165) is 15.6 Å². The van der Waals surface area contributed by atoms with Crippen LogP contribution in [0.15, 0.2) is 53.3 Å². The van der Waals surface area contributed by atoms with Crippen LogP contribution in [0.3, 0.4) is 0 Å². The molecule has 0 spiro atoms. The summed E-state index contributed by atoms with van der Waals surface area (Å²) in [7, 11) is -3.28. The quantitative estimate of drug-likeness (QED) is 0.866. The third kappa shape index (κ3) is 5.03. The molecule has 0 saturated carbocycles. The third-order valence-corrected chi connectivity index (χ3v) is 4.61. The molecule has 0 aliphatic rings. The van der Waals surface area contributed by atoms with Crippen LogP contribution in [0.2, 0.25) is 0 Å². The summed E-state index contributed by atoms with van der Waals surface area (Å²) in [6, 6.07) is 11.2. The van der Waals surface area contributed by atoms with Crippen molar-refractivity contribution < 1.29 is 8.42 Å². The molecule has 106 valence electrons. The summed E-state index contributed by atoms with van der Waals surface area (Å²) in [4.78, 5) is 3.90. The van der Waals surface area contributed by atoms with Gasteiger partial charge >= 0.3 is 0 Å². The number of aromatic nitrogens is 1. The summed E-state index contributed by atoms with van der Waals surface area (Å²) < 4.78 is 27.4. The van der Waals surface area contributed by atoms with Crippen molar-refractivity contribution in [1.82, 2.24) is 9.71 Å². The number of nitrogens with zero attached hydrogens (tertiary/aromatic N) is 1. The number of nitrogens with one attached hydrogen (secondary N) is 1. The second-order valence-electron chi connectivity index (χ2n) is 4.38. The molecule has 4 nitrogen and oxygen atoms in total. The number of halogens is 1. The zero-order chi connectivity index (χ0) is 14.4. The van der Waals surface area contributed by atoms with Gasteiger partial charge in [0.1, 0.15) is 0 Å². The molecule has 0 saturated heterocycles. The van der Waals surface area contributed by atoms with E-state index in [0.29, 0.717) is 13.0 Å². The monoisotopic (exact) mass is 354 g/mol. The highest BCUT2D eigenvalue weighted by Crippen LogP contribution is 2.11. The van der Waals surface area contributed by atoms with Crippen molar-refractivity contribution in [3.63, 3.8) is 0 Å². The topological polar surface area (TPSA) is 59.1 Å². The van der Waals surface area contributed by atoms with Gasteiger partial charge in [-0.2, -0.15) is 0 Å². The first-order valence-corrected chi connectivity index (χ1v) is 8.60. The minimum Gasteiger partial charge on any atom is -0.265 e. The Morgan fingerprint density at radius 2 is 1.85 bits per heavy atom. The standard InChI is InChI=1S/C14H15BrN2O2S/c15-14-3-1-2-13(10-14)11-17-20(18,19)9-6-12-4-7-16-8-5-12/h1-5,7-8,10,17H,6,9,11H2. The van der Waals surface area contributed by atoms with Crippen molar-refractivity contribution >= 4 is 26.0 Å². The highest BCUT2D eigenvalue weighted by molar-refractivity contribution is 9.10. The molecular formula is C14H15BrN2O2S. The predicted molar refractivity (Wildman–Crippen MR) is 82.7 cm³/mol. The molecule has 6 heteroatoms. The van der Waals surface area contributed by atoms with Crippen LogP contribution in [0.5, 0.6) is 0 Å². The van der Waals surface area contributed by atoms with E-state index in [1.807, 2.05) is 36.4 Å². The Labute approximate surface area is 127 Å². The number of rotatable bonds is 6. The first-order chi connectivity index (χ1) is 9.55. The highest BCUT2D eigenvalue weighted by atomic mass is 79.9. The molecule has 0 amide bonds. The number of sulfonamides is 1. The maximum absolute atomic E-state index is 11.9. The Morgan fingerprint density at radius 3 is 2.55 bits per heavy atom. The molecule has 2 rings (SSSR count). The first kappa shape index (κ1) is 15.2. The van der Waals surface area contributed by atoms with E-state index >= 15 is 0 Å². The van der Waals surface area contributed by atoms with Crippen molar-refractivity contribution in [1.29, 1.82) is 0 Å². The lowest BCUT2D eigenvalue weighted by molar-refractivity contribution is 0.580. The Hall–Kier alpha value is -1.24. The van der Waals surface area contributed by atoms with E-state index in [4.69, 9.17) is 0 Å². The van der Waals surface area contributed by atoms with Crippen LogP contribution in [0.1, 0.15) is 11.1 Å². The summed E-state index contributed by atoms with van der Waals surface area (Å²) >= 11 is 3.36. The number of hydrogen-bond acceptors (Lipinski definition) is 3. The fourth-order valence-electron chi connectivity index (χ4n) is 1.71. The van der Waals surface area contributed by atoms with Crippen molar-refractivity contribution in [3.05, 3.63) is 64.4 Å². The van der Waals surface area contributed by atoms with Crippen LogP contribution < -0.4 is 4.72 Å². The van der Waals surface area contributed by atoms with Crippen molar-refractivity contribution in [3.8, 4) is 0 Å². The van der Waals surface area contributed by atoms with E-state index in [1.54, 1.807) is 12.4 Å². The zero-order valence-electron chi connectivity index (χ0n) is 10.8. The Bertz CT molecular complexity index is 660. The molecule has 1 N–H and O–H groups in total. The Morgan fingerprint density at radius 1 is 1.10 bits per heavy atom. The fraction of sp³-hybridized carbons (Fsp3) is 0.214. The van der Waals surface area contributed by atoms with Crippen LogP contribution in [0, 0.1) is 0 Å². The van der Waals surface area contributed by atoms with Gasteiger partial charge in [0.25, 0.3) is 0 Å². The fourth-order valence-corrected chi connectivity index (χ4v) is 3.20. The normalized spacial score (nSPS) is 11.4. The predicted octanol–water partition coefficient (Wildman–Crippen LogP) is 2.51. The summed E-state index contributed by atoms with van der Waals surface area (Å²) in [5.41, 5.74) is 1.89. The SMILES string of the molecule is O=S(=O)(CCc1ccncc1)NCc1cccc(Br)c1. The lowest BCUT2D eigenvalue weighted by Gasteiger charge is -2.07. The minimum absolute atomic E-state index is 0.0744. The number of aryl methyl sites for hydroxylation is 1. The van der Waals surface area contributed by atoms with Crippen molar-refractivity contribution in [2.24, 2.45) is 0 Å². The van der Waals surface area contributed by atoms with E-state index in [9.17, 15) is 8.42 Å². The van der Waals surface area contributed by atoms with Gasteiger partial charge in [0.05, 0.1) is 5.75 Å². The second-order valence-corrected chi connectivity index (χ2v) is 7.22. The van der Waals surface area contributed by atoms with Gasteiger partial charge in [0, 0.05) is 23.4 Å². The van der Waals surface area contributed by atoms with Gasteiger partial charge in [-0.3, -0.25) is 4.98 Å². The lowest BCUT2D eigenvalue weighted by Crippen LogP contribution is -2.26. The molecule has 0 bridgehead atoms. The molecular weight excluding hydrogens is 340 g/mol. The van der Waals surface area contributed by atoms with Gasteiger partial charge in [-0.05, 0) is 41.8 Å². The van der Waals surface area contributed by atoms with Gasteiger partial charge in [0.2, 0.25) is 10.0 Å². The molecule has 1 aromatic heterocycles. The molecule has 0 aliphatic heterocycles. The average Bonchev–Trinajstić information content (AvgIpc) is 2.45. The van der Waals surface area contributed by atoms with E-state index < -0.39 is 10.0 Å². The second kappa shape index (κ2) is 6.97. The molecule has 1 aromatic carbocycles. The van der Waals surface area contributed by atoms with Crippen LogP contribution in [0.25, 0.3) is 0 Å². The third-order valence-electron chi connectivity index (χ3n) is 2.79. The van der Waals surface area contributed by atoms with Crippen LogP contribution in [0.4, 0.5) is 0 Å². The number of pyridine rings is 1. The molecule has 0 unspecified atom stereocenters. The molecule has 2 aromatic rings. The summed E-state index contributed by atoms with van der Waals surface area (Å²) in [5, 5.41) is 0. The molecule has 0 radical (unpaired) electrons. The summed E-state index contributed by atoms with van der Waals surface area (Å²) in [5.74, 6) is 0.0744. The molecule has 0 atom stereocenters. The van der Waals surface area contributed by atoms with Gasteiger partial charge in [-0.15, -0.1) is 0 Å². The molecule has 0 fully saturated rings. The zero-order valence-corrected chi connectivity index (χ0v) is 13.2. The van der Waals surface area contributed by atoms with Crippen LogP contribution in [-0.4, -0.2) is 19.2 Å². The van der Waals surface area contributed by atoms with E-state index in [-0.39, 0.29) is 5.75 Å². The first-order valence-electron chi connectivity index (χ1n) is 6.16. The van der Waals surface area contributed by atoms with Crippen LogP contribution >= 0.6 is 15.9 Å². The van der Waals surface area contributed by atoms with Gasteiger partial charge in [-0.1, -0.05) is 28.1 Å². The minimum atomic E-state index is -3.28. The number of benzene rings is 1. The van der Waals surface area contributed by atoms with Gasteiger partial charge < -0.3 is 0 Å².